The summed E-state index contributed by atoms with van der Waals surface area (Å²) in [5, 5.41) is 29.1. The first-order chi connectivity index (χ1) is 12.3. The van der Waals surface area contributed by atoms with E-state index in [9.17, 15) is 24.9 Å². The SMILES string of the molecule is O=C(NN1C(=O)/C(=C\c2ccc(O)c(O)c2)SC1=S)c1ccc(O)cc1. The molecule has 26 heavy (non-hydrogen) atoms. The summed E-state index contributed by atoms with van der Waals surface area (Å²) in [6.07, 6.45) is 1.49. The van der Waals surface area contributed by atoms with Crippen LogP contribution in [0.25, 0.3) is 6.08 Å². The van der Waals surface area contributed by atoms with Crippen molar-refractivity contribution in [1.82, 2.24) is 10.4 Å². The molecule has 7 nitrogen and oxygen atoms in total. The van der Waals surface area contributed by atoms with E-state index in [1.807, 2.05) is 0 Å². The number of phenols is 3. The third-order valence-electron chi connectivity index (χ3n) is 3.43. The number of carbonyl (C=O) groups excluding carboxylic acids is 2. The average Bonchev–Trinajstić information content (AvgIpc) is 2.86. The Morgan fingerprint density at radius 2 is 1.77 bits per heavy atom. The Bertz CT molecular complexity index is 941. The number of rotatable bonds is 3. The molecule has 0 atom stereocenters. The van der Waals surface area contributed by atoms with Crippen LogP contribution in [0.5, 0.6) is 17.2 Å². The summed E-state index contributed by atoms with van der Waals surface area (Å²) in [7, 11) is 0. The third kappa shape index (κ3) is 3.63. The van der Waals surface area contributed by atoms with Crippen LogP contribution >= 0.6 is 24.0 Å². The molecule has 3 rings (SSSR count). The minimum Gasteiger partial charge on any atom is -0.508 e. The van der Waals surface area contributed by atoms with Crippen molar-refractivity contribution >= 4 is 46.2 Å². The Labute approximate surface area is 157 Å². The predicted octanol–water partition coefficient (Wildman–Crippen LogP) is 2.35. The van der Waals surface area contributed by atoms with Crippen molar-refractivity contribution in [2.75, 3.05) is 0 Å². The van der Waals surface area contributed by atoms with Crippen molar-refractivity contribution in [3.05, 3.63) is 58.5 Å². The molecule has 1 aliphatic rings. The summed E-state index contributed by atoms with van der Waals surface area (Å²) in [5.41, 5.74) is 3.17. The first-order valence-corrected chi connectivity index (χ1v) is 8.47. The van der Waals surface area contributed by atoms with Crippen LogP contribution in [0.15, 0.2) is 47.4 Å². The lowest BCUT2D eigenvalue weighted by Gasteiger charge is -2.15. The van der Waals surface area contributed by atoms with E-state index in [1.54, 1.807) is 0 Å². The van der Waals surface area contributed by atoms with Crippen LogP contribution in [0.2, 0.25) is 0 Å². The van der Waals surface area contributed by atoms with E-state index in [-0.39, 0.29) is 32.0 Å². The largest absolute Gasteiger partial charge is 0.508 e. The van der Waals surface area contributed by atoms with Gasteiger partial charge in [0.05, 0.1) is 4.91 Å². The molecule has 0 spiro atoms. The first kappa shape index (κ1) is 17.8. The summed E-state index contributed by atoms with van der Waals surface area (Å²) in [4.78, 5) is 24.9. The number of hydrogen-bond donors (Lipinski definition) is 4. The molecule has 132 valence electrons. The molecule has 0 radical (unpaired) electrons. The maximum absolute atomic E-state index is 12.5. The van der Waals surface area contributed by atoms with Gasteiger partial charge in [0.2, 0.25) is 0 Å². The maximum atomic E-state index is 12.5. The van der Waals surface area contributed by atoms with Crippen LogP contribution in [-0.4, -0.2) is 36.5 Å². The Balaban J connectivity index is 1.78. The van der Waals surface area contributed by atoms with Gasteiger partial charge in [-0.25, -0.2) is 0 Å². The molecule has 2 amide bonds. The number of thiocarbonyl (C=S) groups is 1. The van der Waals surface area contributed by atoms with Gasteiger partial charge < -0.3 is 15.3 Å². The van der Waals surface area contributed by atoms with Crippen molar-refractivity contribution in [2.45, 2.75) is 0 Å². The topological polar surface area (TPSA) is 110 Å². The number of phenolic OH excluding ortho intramolecular Hbond substituents is 3. The zero-order chi connectivity index (χ0) is 18.8. The lowest BCUT2D eigenvalue weighted by atomic mass is 10.2. The minimum absolute atomic E-state index is 0.0206. The summed E-state index contributed by atoms with van der Waals surface area (Å²) >= 11 is 6.13. The number of amides is 2. The molecule has 1 aliphatic heterocycles. The monoisotopic (exact) mass is 388 g/mol. The summed E-state index contributed by atoms with van der Waals surface area (Å²) < 4.78 is 0.149. The van der Waals surface area contributed by atoms with Crippen LogP contribution < -0.4 is 5.43 Å². The molecular weight excluding hydrogens is 376 g/mol. The van der Waals surface area contributed by atoms with E-state index in [0.29, 0.717) is 5.56 Å². The predicted molar refractivity (Wildman–Crippen MR) is 100 cm³/mol. The highest BCUT2D eigenvalue weighted by molar-refractivity contribution is 8.26. The van der Waals surface area contributed by atoms with Crippen LogP contribution in [0.4, 0.5) is 0 Å². The molecule has 1 fully saturated rings. The van der Waals surface area contributed by atoms with E-state index >= 15 is 0 Å². The zero-order valence-electron chi connectivity index (χ0n) is 13.0. The molecule has 0 saturated carbocycles. The summed E-state index contributed by atoms with van der Waals surface area (Å²) in [6.45, 7) is 0. The molecule has 1 heterocycles. The van der Waals surface area contributed by atoms with Gasteiger partial charge in [0, 0.05) is 5.56 Å². The molecule has 4 N–H and O–H groups in total. The highest BCUT2D eigenvalue weighted by Crippen LogP contribution is 2.33. The van der Waals surface area contributed by atoms with Gasteiger partial charge in [-0.3, -0.25) is 15.0 Å². The molecule has 0 aromatic heterocycles. The zero-order valence-corrected chi connectivity index (χ0v) is 14.7. The first-order valence-electron chi connectivity index (χ1n) is 7.25. The van der Waals surface area contributed by atoms with E-state index in [2.05, 4.69) is 5.43 Å². The highest BCUT2D eigenvalue weighted by atomic mass is 32.2. The minimum atomic E-state index is -0.551. The second kappa shape index (κ2) is 7.06. The Hall–Kier alpha value is -3.04. The number of hydrazine groups is 1. The molecule has 0 bridgehead atoms. The number of thioether (sulfide) groups is 1. The summed E-state index contributed by atoms with van der Waals surface area (Å²) in [6, 6.07) is 9.67. The van der Waals surface area contributed by atoms with Crippen molar-refractivity contribution in [1.29, 1.82) is 0 Å². The number of benzene rings is 2. The lowest BCUT2D eigenvalue weighted by Crippen LogP contribution is -2.44. The Morgan fingerprint density at radius 3 is 2.42 bits per heavy atom. The number of nitrogens with one attached hydrogen (secondary N) is 1. The number of nitrogens with zero attached hydrogens (tertiary/aromatic N) is 1. The van der Waals surface area contributed by atoms with Gasteiger partial charge in [-0.15, -0.1) is 0 Å². The second-order valence-corrected chi connectivity index (χ2v) is 6.93. The van der Waals surface area contributed by atoms with Crippen molar-refractivity contribution in [3.8, 4) is 17.2 Å². The van der Waals surface area contributed by atoms with Gasteiger partial charge in [-0.2, -0.15) is 5.01 Å². The molecule has 2 aromatic rings. The standard InChI is InChI=1S/C17H12N2O5S2/c20-11-4-2-10(3-5-11)15(23)18-19-16(24)14(26-17(19)25)8-9-1-6-12(21)13(22)7-9/h1-8,20-22H,(H,18,23)/b14-8+. The van der Waals surface area contributed by atoms with Gasteiger partial charge in [0.1, 0.15) is 5.75 Å². The normalized spacial score (nSPS) is 15.5. The van der Waals surface area contributed by atoms with E-state index in [1.165, 1.54) is 48.5 Å². The fourth-order valence-corrected chi connectivity index (χ4v) is 3.30. The molecule has 0 unspecified atom stereocenters. The summed E-state index contributed by atoms with van der Waals surface area (Å²) in [5.74, 6) is -1.62. The van der Waals surface area contributed by atoms with Gasteiger partial charge in [0.15, 0.2) is 15.8 Å². The van der Waals surface area contributed by atoms with Crippen molar-refractivity contribution in [2.24, 2.45) is 0 Å². The lowest BCUT2D eigenvalue weighted by molar-refractivity contribution is -0.123. The Kier molecular flexibility index (Phi) is 4.83. The van der Waals surface area contributed by atoms with E-state index < -0.39 is 11.8 Å². The molecule has 1 saturated heterocycles. The molecule has 0 aliphatic carbocycles. The quantitative estimate of drug-likeness (QED) is 0.363. The van der Waals surface area contributed by atoms with Gasteiger partial charge in [-0.05, 0) is 60.3 Å². The molecule has 9 heteroatoms. The molecular formula is C17H12N2O5S2. The van der Waals surface area contributed by atoms with Gasteiger partial charge in [-0.1, -0.05) is 17.8 Å². The third-order valence-corrected chi connectivity index (χ3v) is 4.74. The van der Waals surface area contributed by atoms with E-state index in [0.717, 1.165) is 16.8 Å². The average molecular weight is 388 g/mol. The number of hydrogen-bond acceptors (Lipinski definition) is 7. The van der Waals surface area contributed by atoms with Crippen LogP contribution in [0, 0.1) is 0 Å². The Morgan fingerprint density at radius 1 is 1.08 bits per heavy atom. The second-order valence-electron chi connectivity index (χ2n) is 5.25. The van der Waals surface area contributed by atoms with Crippen LogP contribution in [0.3, 0.4) is 0 Å². The highest BCUT2D eigenvalue weighted by Gasteiger charge is 2.33. The van der Waals surface area contributed by atoms with Gasteiger partial charge >= 0.3 is 0 Å². The van der Waals surface area contributed by atoms with Crippen LogP contribution in [-0.2, 0) is 4.79 Å². The van der Waals surface area contributed by atoms with Crippen molar-refractivity contribution < 1.29 is 24.9 Å². The number of aromatic hydroxyl groups is 3. The maximum Gasteiger partial charge on any atom is 0.285 e. The van der Waals surface area contributed by atoms with E-state index in [4.69, 9.17) is 12.2 Å². The fourth-order valence-electron chi connectivity index (χ4n) is 2.12. The van der Waals surface area contributed by atoms with Crippen LogP contribution in [0.1, 0.15) is 15.9 Å². The number of carbonyl (C=O) groups is 2. The fraction of sp³-hybridized carbons (Fsp3) is 0. The smallest absolute Gasteiger partial charge is 0.285 e. The van der Waals surface area contributed by atoms with Gasteiger partial charge in [0.25, 0.3) is 11.8 Å². The molecule has 2 aromatic carbocycles. The van der Waals surface area contributed by atoms with Crippen molar-refractivity contribution in [3.63, 3.8) is 0 Å².